The van der Waals surface area contributed by atoms with Crippen LogP contribution in [0.15, 0.2) is 28.7 Å². The number of carbonyl (C=O) groups excluding carboxylic acids is 1. The van der Waals surface area contributed by atoms with Gasteiger partial charge in [0, 0.05) is 23.5 Å². The number of aryl methyl sites for hydroxylation is 1. The van der Waals surface area contributed by atoms with Crippen molar-refractivity contribution in [1.29, 1.82) is 0 Å². The van der Waals surface area contributed by atoms with Crippen molar-refractivity contribution in [3.63, 3.8) is 0 Å². The highest BCUT2D eigenvalue weighted by atomic mass is 16.3. The number of amides is 1. The number of hydrogen-bond donors (Lipinski definition) is 1. The molecule has 0 saturated heterocycles. The van der Waals surface area contributed by atoms with Gasteiger partial charge in [-0.05, 0) is 25.8 Å². The molecule has 21 heavy (non-hydrogen) atoms. The minimum Gasteiger partial charge on any atom is -0.451 e. The molecule has 1 fully saturated rings. The lowest BCUT2D eigenvalue weighted by molar-refractivity contribution is 0.0607. The summed E-state index contributed by atoms with van der Waals surface area (Å²) in [4.78, 5) is 14.6. The first-order valence-electron chi connectivity index (χ1n) is 7.62. The molecule has 1 aromatic carbocycles. The highest BCUT2D eigenvalue weighted by Crippen LogP contribution is 2.29. The van der Waals surface area contributed by atoms with Crippen LogP contribution < -0.4 is 0 Å². The molecule has 0 atom stereocenters. The first kappa shape index (κ1) is 14.1. The van der Waals surface area contributed by atoms with Crippen LogP contribution >= 0.6 is 0 Å². The number of furan rings is 1. The number of aliphatic hydroxyl groups is 1. The quantitative estimate of drug-likeness (QED) is 0.940. The summed E-state index contributed by atoms with van der Waals surface area (Å²) in [5, 5.41) is 10.3. The van der Waals surface area contributed by atoms with E-state index in [0.29, 0.717) is 12.3 Å². The summed E-state index contributed by atoms with van der Waals surface area (Å²) >= 11 is 0. The fourth-order valence-corrected chi connectivity index (χ4v) is 3.28. The maximum atomic E-state index is 12.8. The predicted octanol–water partition coefficient (Wildman–Crippen LogP) is 3.12. The second-order valence-corrected chi connectivity index (χ2v) is 5.71. The smallest absolute Gasteiger partial charge is 0.290 e. The molecule has 4 heteroatoms. The molecule has 1 aromatic heterocycles. The molecule has 2 aromatic rings. The summed E-state index contributed by atoms with van der Waals surface area (Å²) < 4.78 is 5.77. The van der Waals surface area contributed by atoms with Gasteiger partial charge >= 0.3 is 0 Å². The van der Waals surface area contributed by atoms with E-state index in [4.69, 9.17) is 4.42 Å². The van der Waals surface area contributed by atoms with Crippen molar-refractivity contribution in [2.75, 3.05) is 13.2 Å². The van der Waals surface area contributed by atoms with E-state index in [1.807, 2.05) is 31.2 Å². The maximum Gasteiger partial charge on any atom is 0.290 e. The van der Waals surface area contributed by atoms with Gasteiger partial charge in [0.1, 0.15) is 5.58 Å². The minimum absolute atomic E-state index is 0.0124. The molecular weight excluding hydrogens is 266 g/mol. The number of carbonyl (C=O) groups is 1. The lowest BCUT2D eigenvalue weighted by Gasteiger charge is -2.27. The van der Waals surface area contributed by atoms with E-state index in [9.17, 15) is 9.90 Å². The van der Waals surface area contributed by atoms with Gasteiger partial charge in [-0.1, -0.05) is 31.0 Å². The number of hydrogen-bond acceptors (Lipinski definition) is 3. The second kappa shape index (κ2) is 5.90. The van der Waals surface area contributed by atoms with Gasteiger partial charge in [0.15, 0.2) is 5.76 Å². The van der Waals surface area contributed by atoms with E-state index >= 15 is 0 Å². The fourth-order valence-electron chi connectivity index (χ4n) is 3.28. The Bertz CT molecular complexity index is 641. The van der Waals surface area contributed by atoms with Gasteiger partial charge in [-0.2, -0.15) is 0 Å². The maximum absolute atomic E-state index is 12.8. The van der Waals surface area contributed by atoms with Crippen molar-refractivity contribution in [1.82, 2.24) is 4.90 Å². The van der Waals surface area contributed by atoms with Crippen LogP contribution in [0.5, 0.6) is 0 Å². The molecule has 4 nitrogen and oxygen atoms in total. The fraction of sp³-hybridized carbons (Fsp3) is 0.471. The zero-order chi connectivity index (χ0) is 14.8. The van der Waals surface area contributed by atoms with Gasteiger partial charge in [-0.15, -0.1) is 0 Å². The molecule has 0 spiro atoms. The molecule has 3 rings (SSSR count). The molecule has 1 heterocycles. The molecule has 1 amide bonds. The summed E-state index contributed by atoms with van der Waals surface area (Å²) in [5.74, 6) is 0.321. The van der Waals surface area contributed by atoms with Gasteiger partial charge < -0.3 is 14.4 Å². The van der Waals surface area contributed by atoms with Gasteiger partial charge in [0.05, 0.1) is 6.61 Å². The van der Waals surface area contributed by atoms with Crippen molar-refractivity contribution in [2.24, 2.45) is 0 Å². The van der Waals surface area contributed by atoms with E-state index in [2.05, 4.69) is 0 Å². The topological polar surface area (TPSA) is 53.7 Å². The van der Waals surface area contributed by atoms with E-state index in [1.165, 1.54) is 0 Å². The highest BCUT2D eigenvalue weighted by molar-refractivity contribution is 5.99. The molecule has 1 saturated carbocycles. The van der Waals surface area contributed by atoms with E-state index < -0.39 is 0 Å². The minimum atomic E-state index is -0.0929. The molecule has 0 unspecified atom stereocenters. The van der Waals surface area contributed by atoms with Crippen molar-refractivity contribution in [2.45, 2.75) is 38.6 Å². The van der Waals surface area contributed by atoms with Crippen molar-refractivity contribution < 1.29 is 14.3 Å². The molecular formula is C17H21NO3. The summed E-state index contributed by atoms with van der Waals surface area (Å²) in [6.07, 6.45) is 4.34. The van der Waals surface area contributed by atoms with E-state index in [1.54, 1.807) is 4.90 Å². The van der Waals surface area contributed by atoms with Crippen LogP contribution in [0.25, 0.3) is 11.0 Å². The van der Waals surface area contributed by atoms with E-state index in [0.717, 1.165) is 42.2 Å². The third kappa shape index (κ3) is 2.56. The number of benzene rings is 1. The van der Waals surface area contributed by atoms with Gasteiger partial charge in [-0.3, -0.25) is 4.79 Å². The van der Waals surface area contributed by atoms with Gasteiger partial charge in [0.25, 0.3) is 5.91 Å². The normalized spacial score (nSPS) is 15.7. The molecule has 0 bridgehead atoms. The van der Waals surface area contributed by atoms with Crippen LogP contribution in [0.4, 0.5) is 0 Å². The summed E-state index contributed by atoms with van der Waals surface area (Å²) in [5.41, 5.74) is 1.63. The number of rotatable bonds is 4. The second-order valence-electron chi connectivity index (χ2n) is 5.71. The number of nitrogens with zero attached hydrogens (tertiary/aromatic N) is 1. The Morgan fingerprint density at radius 2 is 2.05 bits per heavy atom. The first-order valence-corrected chi connectivity index (χ1v) is 7.62. The Morgan fingerprint density at radius 3 is 2.71 bits per heavy atom. The molecule has 112 valence electrons. The Labute approximate surface area is 124 Å². The van der Waals surface area contributed by atoms with Crippen LogP contribution in [-0.2, 0) is 0 Å². The molecule has 0 radical (unpaired) electrons. The van der Waals surface area contributed by atoms with Gasteiger partial charge in [0.2, 0.25) is 0 Å². The summed E-state index contributed by atoms with van der Waals surface area (Å²) in [6, 6.07) is 7.93. The third-order valence-corrected chi connectivity index (χ3v) is 4.41. The lowest BCUT2D eigenvalue weighted by atomic mass is 10.1. The van der Waals surface area contributed by atoms with Crippen LogP contribution in [0.1, 0.15) is 41.8 Å². The monoisotopic (exact) mass is 287 g/mol. The zero-order valence-electron chi connectivity index (χ0n) is 12.3. The highest BCUT2D eigenvalue weighted by Gasteiger charge is 2.30. The van der Waals surface area contributed by atoms with Crippen LogP contribution in [0.2, 0.25) is 0 Å². The molecule has 0 aliphatic heterocycles. The Morgan fingerprint density at radius 1 is 1.33 bits per heavy atom. The molecule has 1 N–H and O–H groups in total. The Hall–Kier alpha value is -1.81. The van der Waals surface area contributed by atoms with E-state index in [-0.39, 0.29) is 18.6 Å². The van der Waals surface area contributed by atoms with Crippen LogP contribution in [-0.4, -0.2) is 35.1 Å². The van der Waals surface area contributed by atoms with Crippen molar-refractivity contribution >= 4 is 16.9 Å². The molecule has 1 aliphatic rings. The summed E-state index contributed by atoms with van der Waals surface area (Å²) in [6.45, 7) is 2.28. The van der Waals surface area contributed by atoms with Crippen molar-refractivity contribution in [3.05, 3.63) is 35.6 Å². The number of aliphatic hydroxyl groups excluding tert-OH is 1. The van der Waals surface area contributed by atoms with Gasteiger partial charge in [-0.25, -0.2) is 0 Å². The van der Waals surface area contributed by atoms with Crippen LogP contribution in [0, 0.1) is 6.92 Å². The number of fused-ring (bicyclic) bond motifs is 1. The molecule has 1 aliphatic carbocycles. The predicted molar refractivity (Wildman–Crippen MR) is 81.3 cm³/mol. The average molecular weight is 287 g/mol. The number of para-hydroxylation sites is 1. The first-order chi connectivity index (χ1) is 10.2. The third-order valence-electron chi connectivity index (χ3n) is 4.41. The standard InChI is InChI=1S/C17H21NO3/c1-12-14-8-4-5-9-15(14)21-16(12)17(20)18(10-11-19)13-6-2-3-7-13/h4-5,8-9,13,19H,2-3,6-7,10-11H2,1H3. The lowest BCUT2D eigenvalue weighted by Crippen LogP contribution is -2.40. The average Bonchev–Trinajstić information content (AvgIpc) is 3.13. The largest absolute Gasteiger partial charge is 0.451 e. The SMILES string of the molecule is Cc1c(C(=O)N(CCO)C2CCCC2)oc2ccccc12. The summed E-state index contributed by atoms with van der Waals surface area (Å²) in [7, 11) is 0. The van der Waals surface area contributed by atoms with Crippen LogP contribution in [0.3, 0.4) is 0 Å². The Balaban J connectivity index is 1.95. The Kier molecular flexibility index (Phi) is 3.97. The zero-order valence-corrected chi connectivity index (χ0v) is 12.3. The van der Waals surface area contributed by atoms with Crippen molar-refractivity contribution in [3.8, 4) is 0 Å².